The number of halogens is 1. The molecule has 0 spiro atoms. The van der Waals surface area contributed by atoms with E-state index in [4.69, 9.17) is 28.2 Å². The fraction of sp³-hybridized carbons (Fsp3) is 0.100. The molecule has 2 rings (SSSR count). The normalized spacial score (nSPS) is 10.4. The van der Waals surface area contributed by atoms with Gasteiger partial charge in [0.2, 0.25) is 0 Å². The van der Waals surface area contributed by atoms with Crippen LogP contribution < -0.4 is 0 Å². The van der Waals surface area contributed by atoms with Crippen LogP contribution in [-0.4, -0.2) is 4.98 Å². The molecule has 0 fully saturated rings. The van der Waals surface area contributed by atoms with Gasteiger partial charge >= 0.3 is 0 Å². The molecule has 0 saturated heterocycles. The highest BCUT2D eigenvalue weighted by Gasteiger charge is 2.06. The van der Waals surface area contributed by atoms with Gasteiger partial charge in [0, 0.05) is 10.6 Å². The Morgan fingerprint density at radius 2 is 1.93 bits per heavy atom. The number of aromatic amines is 1. The number of oxazole rings is 1. The summed E-state index contributed by atoms with van der Waals surface area (Å²) in [6.45, 7) is 1.92. The van der Waals surface area contributed by atoms with Gasteiger partial charge in [-0.15, -0.1) is 0 Å². The van der Waals surface area contributed by atoms with Crippen LogP contribution in [0.3, 0.4) is 0 Å². The van der Waals surface area contributed by atoms with Gasteiger partial charge in [-0.05, 0) is 43.4 Å². The minimum absolute atomic E-state index is 0.396. The average molecular weight is 226 g/mol. The standard InChI is InChI=1S/C10H8ClNOS/c1-6-9(13-10(14)12-6)7-2-4-8(11)5-3-7/h2-5H,1H3,(H,12,14). The Kier molecular flexibility index (Phi) is 2.44. The van der Waals surface area contributed by atoms with E-state index in [1.165, 1.54) is 0 Å². The summed E-state index contributed by atoms with van der Waals surface area (Å²) >= 11 is 10.7. The molecule has 72 valence electrons. The van der Waals surface area contributed by atoms with Crippen molar-refractivity contribution in [3.63, 3.8) is 0 Å². The predicted octanol–water partition coefficient (Wildman–Crippen LogP) is 3.97. The number of benzene rings is 1. The molecule has 1 N–H and O–H groups in total. The van der Waals surface area contributed by atoms with Gasteiger partial charge in [-0.25, -0.2) is 0 Å². The Morgan fingerprint density at radius 1 is 1.29 bits per heavy atom. The second kappa shape index (κ2) is 3.59. The molecule has 0 radical (unpaired) electrons. The third kappa shape index (κ3) is 1.74. The molecule has 0 unspecified atom stereocenters. The smallest absolute Gasteiger partial charge is 0.266 e. The van der Waals surface area contributed by atoms with Crippen molar-refractivity contribution >= 4 is 23.8 Å². The molecule has 0 amide bonds. The van der Waals surface area contributed by atoms with E-state index in [1.807, 2.05) is 31.2 Å². The number of aryl methyl sites for hydroxylation is 1. The largest absolute Gasteiger partial charge is 0.429 e. The van der Waals surface area contributed by atoms with E-state index in [0.29, 0.717) is 9.86 Å². The van der Waals surface area contributed by atoms with Gasteiger partial charge < -0.3 is 9.40 Å². The zero-order chi connectivity index (χ0) is 10.1. The van der Waals surface area contributed by atoms with Crippen LogP contribution in [0.15, 0.2) is 28.7 Å². The minimum atomic E-state index is 0.396. The molecular formula is C10H8ClNOS. The van der Waals surface area contributed by atoms with Crippen LogP contribution in [0.4, 0.5) is 0 Å². The average Bonchev–Trinajstić information content (AvgIpc) is 2.47. The molecule has 0 aliphatic carbocycles. The van der Waals surface area contributed by atoms with Crippen molar-refractivity contribution in [1.29, 1.82) is 0 Å². The lowest BCUT2D eigenvalue weighted by Gasteiger charge is -1.97. The summed E-state index contributed by atoms with van der Waals surface area (Å²) in [5.74, 6) is 0.770. The highest BCUT2D eigenvalue weighted by Crippen LogP contribution is 2.24. The van der Waals surface area contributed by atoms with Gasteiger partial charge in [-0.2, -0.15) is 0 Å². The molecule has 1 aromatic carbocycles. The van der Waals surface area contributed by atoms with Crippen LogP contribution >= 0.6 is 23.8 Å². The molecule has 4 heteroatoms. The SMILES string of the molecule is Cc1[nH]c(=S)oc1-c1ccc(Cl)cc1. The third-order valence-corrected chi connectivity index (χ3v) is 2.37. The van der Waals surface area contributed by atoms with Gasteiger partial charge in [-0.1, -0.05) is 11.6 Å². The minimum Gasteiger partial charge on any atom is -0.429 e. The molecule has 1 heterocycles. The Morgan fingerprint density at radius 3 is 2.43 bits per heavy atom. The molecular weight excluding hydrogens is 218 g/mol. The third-order valence-electron chi connectivity index (χ3n) is 1.93. The van der Waals surface area contributed by atoms with Crippen molar-refractivity contribution in [1.82, 2.24) is 4.98 Å². The first-order chi connectivity index (χ1) is 6.66. The lowest BCUT2D eigenvalue weighted by molar-refractivity contribution is 0.554. The molecule has 2 nitrogen and oxygen atoms in total. The lowest BCUT2D eigenvalue weighted by atomic mass is 10.1. The Balaban J connectivity index is 2.54. The van der Waals surface area contributed by atoms with Crippen LogP contribution in [0.1, 0.15) is 5.69 Å². The topological polar surface area (TPSA) is 28.9 Å². The number of hydrogen-bond acceptors (Lipinski definition) is 2. The summed E-state index contributed by atoms with van der Waals surface area (Å²) < 4.78 is 5.36. The maximum absolute atomic E-state index is 5.79. The Bertz CT molecular complexity index is 498. The van der Waals surface area contributed by atoms with Gasteiger partial charge in [-0.3, -0.25) is 0 Å². The maximum Gasteiger partial charge on any atom is 0.266 e. The fourth-order valence-corrected chi connectivity index (χ4v) is 1.64. The van der Waals surface area contributed by atoms with Crippen molar-refractivity contribution in [2.45, 2.75) is 6.92 Å². The van der Waals surface area contributed by atoms with Crippen LogP contribution in [0.25, 0.3) is 11.3 Å². The van der Waals surface area contributed by atoms with E-state index in [-0.39, 0.29) is 0 Å². The lowest BCUT2D eigenvalue weighted by Crippen LogP contribution is -1.77. The Hall–Kier alpha value is -1.06. The number of rotatable bonds is 1. The summed E-state index contributed by atoms with van der Waals surface area (Å²) in [5.41, 5.74) is 1.90. The second-order valence-electron chi connectivity index (χ2n) is 2.98. The van der Waals surface area contributed by atoms with Gasteiger partial charge in [0.1, 0.15) is 0 Å². The monoisotopic (exact) mass is 225 g/mol. The van der Waals surface area contributed by atoms with E-state index < -0.39 is 0 Å². The zero-order valence-corrected chi connectivity index (χ0v) is 9.08. The van der Waals surface area contributed by atoms with Crippen LogP contribution in [-0.2, 0) is 0 Å². The van der Waals surface area contributed by atoms with Crippen molar-refractivity contribution in [3.05, 3.63) is 39.8 Å². The molecule has 0 bridgehead atoms. The maximum atomic E-state index is 5.79. The van der Waals surface area contributed by atoms with Crippen LogP contribution in [0, 0.1) is 11.8 Å². The molecule has 0 saturated carbocycles. The fourth-order valence-electron chi connectivity index (χ4n) is 1.28. The van der Waals surface area contributed by atoms with Crippen molar-refractivity contribution in [3.8, 4) is 11.3 Å². The highest BCUT2D eigenvalue weighted by molar-refractivity contribution is 7.71. The van der Waals surface area contributed by atoms with E-state index in [0.717, 1.165) is 17.0 Å². The number of H-pyrrole nitrogens is 1. The number of hydrogen-bond donors (Lipinski definition) is 1. The van der Waals surface area contributed by atoms with E-state index in [9.17, 15) is 0 Å². The van der Waals surface area contributed by atoms with Gasteiger partial charge in [0.05, 0.1) is 5.69 Å². The van der Waals surface area contributed by atoms with E-state index in [2.05, 4.69) is 4.98 Å². The van der Waals surface area contributed by atoms with E-state index in [1.54, 1.807) is 0 Å². The highest BCUT2D eigenvalue weighted by atomic mass is 35.5. The van der Waals surface area contributed by atoms with Crippen molar-refractivity contribution in [2.24, 2.45) is 0 Å². The first kappa shape index (κ1) is 9.49. The van der Waals surface area contributed by atoms with Crippen LogP contribution in [0.5, 0.6) is 0 Å². The molecule has 2 aromatic rings. The summed E-state index contributed by atoms with van der Waals surface area (Å²) in [5, 5.41) is 0.709. The summed E-state index contributed by atoms with van der Waals surface area (Å²) in [6.07, 6.45) is 0. The quantitative estimate of drug-likeness (QED) is 0.745. The van der Waals surface area contributed by atoms with E-state index >= 15 is 0 Å². The Labute approximate surface area is 91.5 Å². The molecule has 0 atom stereocenters. The van der Waals surface area contributed by atoms with Gasteiger partial charge in [0.15, 0.2) is 5.76 Å². The van der Waals surface area contributed by atoms with Crippen LogP contribution in [0.2, 0.25) is 5.02 Å². The number of aromatic nitrogens is 1. The molecule has 1 aromatic heterocycles. The first-order valence-electron chi connectivity index (χ1n) is 4.12. The molecule has 14 heavy (non-hydrogen) atoms. The molecule has 0 aliphatic heterocycles. The number of nitrogens with one attached hydrogen (secondary N) is 1. The first-order valence-corrected chi connectivity index (χ1v) is 4.91. The summed E-state index contributed by atoms with van der Waals surface area (Å²) in [7, 11) is 0. The second-order valence-corrected chi connectivity index (χ2v) is 3.78. The molecule has 0 aliphatic rings. The predicted molar refractivity (Wildman–Crippen MR) is 59.1 cm³/mol. The van der Waals surface area contributed by atoms with Crippen molar-refractivity contribution < 1.29 is 4.42 Å². The van der Waals surface area contributed by atoms with Crippen molar-refractivity contribution in [2.75, 3.05) is 0 Å². The van der Waals surface area contributed by atoms with Gasteiger partial charge in [0.25, 0.3) is 4.84 Å². The summed E-state index contributed by atoms with van der Waals surface area (Å²) in [4.78, 5) is 3.33. The summed E-state index contributed by atoms with van der Waals surface area (Å²) in [6, 6.07) is 7.44. The zero-order valence-electron chi connectivity index (χ0n) is 7.50.